The molecule has 1 N–H and O–H groups in total. The fraction of sp³-hybridized carbons (Fsp3) is 0.786. The monoisotopic (exact) mass is 284 g/mol. The molecule has 0 radical (unpaired) electrons. The first kappa shape index (κ1) is 16.5. The second-order valence-electron chi connectivity index (χ2n) is 4.88. The Hall–Kier alpha value is -1.59. The third-order valence-electron chi connectivity index (χ3n) is 3.38. The highest BCUT2D eigenvalue weighted by molar-refractivity contribution is 5.81. The van der Waals surface area contributed by atoms with E-state index in [1.165, 1.54) is 0 Å². The van der Waals surface area contributed by atoms with Gasteiger partial charge in [-0.05, 0) is 19.8 Å². The first-order chi connectivity index (χ1) is 9.56. The van der Waals surface area contributed by atoms with Crippen molar-refractivity contribution in [2.45, 2.75) is 52.0 Å². The Morgan fingerprint density at radius 3 is 2.35 bits per heavy atom. The summed E-state index contributed by atoms with van der Waals surface area (Å²) in [6, 6.07) is 0.102. The normalized spacial score (nSPS) is 15.8. The largest absolute Gasteiger partial charge is 0.466 e. The van der Waals surface area contributed by atoms with Crippen LogP contribution < -0.4 is 5.32 Å². The standard InChI is InChI=1S/C14H24N2O4/c1-3-13(18)16-9-7-11(8-10-16)15-12(17)5-6-14(19)20-4-2/h11H,3-10H2,1-2H3,(H,15,17). The lowest BCUT2D eigenvalue weighted by molar-refractivity contribution is -0.144. The molecule has 1 aliphatic heterocycles. The number of piperidine rings is 1. The number of amides is 2. The highest BCUT2D eigenvalue weighted by Crippen LogP contribution is 2.11. The molecule has 0 saturated carbocycles. The smallest absolute Gasteiger partial charge is 0.306 e. The van der Waals surface area contributed by atoms with Crippen LogP contribution in [-0.2, 0) is 19.1 Å². The van der Waals surface area contributed by atoms with Crippen molar-refractivity contribution in [3.8, 4) is 0 Å². The number of nitrogens with zero attached hydrogens (tertiary/aromatic N) is 1. The molecule has 1 rings (SSSR count). The number of likely N-dealkylation sites (tertiary alicyclic amines) is 1. The molecule has 1 saturated heterocycles. The molecule has 0 spiro atoms. The number of esters is 1. The van der Waals surface area contributed by atoms with Gasteiger partial charge in [-0.2, -0.15) is 0 Å². The number of nitrogens with one attached hydrogen (secondary N) is 1. The molecule has 0 aromatic rings. The fourth-order valence-electron chi connectivity index (χ4n) is 2.25. The molecule has 1 heterocycles. The second-order valence-corrected chi connectivity index (χ2v) is 4.88. The summed E-state index contributed by atoms with van der Waals surface area (Å²) in [7, 11) is 0. The number of carbonyl (C=O) groups is 3. The molecule has 0 bridgehead atoms. The van der Waals surface area contributed by atoms with E-state index in [0.29, 0.717) is 26.1 Å². The van der Waals surface area contributed by atoms with Crippen LogP contribution >= 0.6 is 0 Å². The maximum atomic E-state index is 11.7. The molecule has 0 atom stereocenters. The first-order valence-electron chi connectivity index (χ1n) is 7.29. The molecule has 0 aromatic heterocycles. The fourth-order valence-corrected chi connectivity index (χ4v) is 2.25. The van der Waals surface area contributed by atoms with E-state index in [4.69, 9.17) is 4.74 Å². The molecule has 2 amide bonds. The van der Waals surface area contributed by atoms with Crippen molar-refractivity contribution >= 4 is 17.8 Å². The van der Waals surface area contributed by atoms with E-state index in [1.807, 2.05) is 11.8 Å². The lowest BCUT2D eigenvalue weighted by atomic mass is 10.0. The lowest BCUT2D eigenvalue weighted by Crippen LogP contribution is -2.46. The van der Waals surface area contributed by atoms with Gasteiger partial charge in [0.2, 0.25) is 11.8 Å². The minimum atomic E-state index is -0.342. The summed E-state index contributed by atoms with van der Waals surface area (Å²) in [6.45, 7) is 5.31. The summed E-state index contributed by atoms with van der Waals surface area (Å²) in [5, 5.41) is 2.91. The van der Waals surface area contributed by atoms with Crippen LogP contribution in [0.5, 0.6) is 0 Å². The molecular weight excluding hydrogens is 260 g/mol. The van der Waals surface area contributed by atoms with Gasteiger partial charge in [0.1, 0.15) is 0 Å². The third kappa shape index (κ3) is 5.59. The number of hydrogen-bond acceptors (Lipinski definition) is 4. The molecule has 20 heavy (non-hydrogen) atoms. The van der Waals surface area contributed by atoms with E-state index in [1.54, 1.807) is 6.92 Å². The number of ether oxygens (including phenoxy) is 1. The minimum absolute atomic E-state index is 0.102. The molecule has 114 valence electrons. The Kier molecular flexibility index (Phi) is 7.04. The van der Waals surface area contributed by atoms with Crippen molar-refractivity contribution < 1.29 is 19.1 Å². The van der Waals surface area contributed by atoms with E-state index in [0.717, 1.165) is 12.8 Å². The van der Waals surface area contributed by atoms with Gasteiger partial charge in [-0.3, -0.25) is 14.4 Å². The Bertz CT molecular complexity index is 349. The van der Waals surface area contributed by atoms with E-state index in [9.17, 15) is 14.4 Å². The molecular formula is C14H24N2O4. The van der Waals surface area contributed by atoms with E-state index < -0.39 is 0 Å². The summed E-state index contributed by atoms with van der Waals surface area (Å²) in [4.78, 5) is 36.2. The third-order valence-corrected chi connectivity index (χ3v) is 3.38. The van der Waals surface area contributed by atoms with Gasteiger partial charge in [0.05, 0.1) is 13.0 Å². The Labute approximate surface area is 119 Å². The molecule has 6 nitrogen and oxygen atoms in total. The zero-order valence-corrected chi connectivity index (χ0v) is 12.3. The zero-order valence-electron chi connectivity index (χ0n) is 12.3. The maximum absolute atomic E-state index is 11.7. The van der Waals surface area contributed by atoms with Crippen molar-refractivity contribution in [3.05, 3.63) is 0 Å². The van der Waals surface area contributed by atoms with Crippen molar-refractivity contribution in [1.29, 1.82) is 0 Å². The Balaban J connectivity index is 2.21. The molecule has 0 unspecified atom stereocenters. The number of carbonyl (C=O) groups excluding carboxylic acids is 3. The average molecular weight is 284 g/mol. The van der Waals surface area contributed by atoms with Gasteiger partial charge < -0.3 is 15.0 Å². The van der Waals surface area contributed by atoms with Crippen LogP contribution in [0.15, 0.2) is 0 Å². The molecule has 1 fully saturated rings. The molecule has 0 aromatic carbocycles. The molecule has 0 aliphatic carbocycles. The summed E-state index contributed by atoms with van der Waals surface area (Å²) in [5.41, 5.74) is 0. The van der Waals surface area contributed by atoms with Crippen molar-refractivity contribution in [3.63, 3.8) is 0 Å². The van der Waals surface area contributed by atoms with Crippen molar-refractivity contribution in [2.75, 3.05) is 19.7 Å². The van der Waals surface area contributed by atoms with Gasteiger partial charge in [-0.15, -0.1) is 0 Å². The Morgan fingerprint density at radius 2 is 1.80 bits per heavy atom. The topological polar surface area (TPSA) is 75.7 Å². The van der Waals surface area contributed by atoms with E-state index in [2.05, 4.69) is 5.32 Å². The van der Waals surface area contributed by atoms with Gasteiger partial charge in [0.15, 0.2) is 0 Å². The van der Waals surface area contributed by atoms with Gasteiger partial charge in [0, 0.05) is 32.0 Å². The highest BCUT2D eigenvalue weighted by atomic mass is 16.5. The van der Waals surface area contributed by atoms with Crippen LogP contribution in [0.4, 0.5) is 0 Å². The molecule has 1 aliphatic rings. The predicted molar refractivity (Wildman–Crippen MR) is 73.9 cm³/mol. The number of rotatable bonds is 6. The quantitative estimate of drug-likeness (QED) is 0.734. The first-order valence-corrected chi connectivity index (χ1v) is 7.29. The van der Waals surface area contributed by atoms with Crippen molar-refractivity contribution in [1.82, 2.24) is 10.2 Å². The van der Waals surface area contributed by atoms with Gasteiger partial charge in [-0.25, -0.2) is 0 Å². The van der Waals surface area contributed by atoms with Gasteiger partial charge >= 0.3 is 5.97 Å². The van der Waals surface area contributed by atoms with Crippen LogP contribution in [0.3, 0.4) is 0 Å². The van der Waals surface area contributed by atoms with Gasteiger partial charge in [0.25, 0.3) is 0 Å². The summed E-state index contributed by atoms with van der Waals surface area (Å²) < 4.78 is 4.77. The SMILES string of the molecule is CCOC(=O)CCC(=O)NC1CCN(C(=O)CC)CC1. The highest BCUT2D eigenvalue weighted by Gasteiger charge is 2.22. The number of hydrogen-bond donors (Lipinski definition) is 1. The van der Waals surface area contributed by atoms with Crippen LogP contribution in [0, 0.1) is 0 Å². The second kappa shape index (κ2) is 8.55. The summed E-state index contributed by atoms with van der Waals surface area (Å²) >= 11 is 0. The van der Waals surface area contributed by atoms with Crippen molar-refractivity contribution in [2.24, 2.45) is 0 Å². The van der Waals surface area contributed by atoms with Crippen LogP contribution in [0.2, 0.25) is 0 Å². The summed E-state index contributed by atoms with van der Waals surface area (Å²) in [5.74, 6) is -0.304. The van der Waals surface area contributed by atoms with Crippen LogP contribution in [0.1, 0.15) is 46.0 Å². The van der Waals surface area contributed by atoms with E-state index in [-0.39, 0.29) is 36.7 Å². The maximum Gasteiger partial charge on any atom is 0.306 e. The summed E-state index contributed by atoms with van der Waals surface area (Å²) in [6.07, 6.45) is 2.35. The Morgan fingerprint density at radius 1 is 1.15 bits per heavy atom. The molecule has 6 heteroatoms. The van der Waals surface area contributed by atoms with Crippen LogP contribution in [0.25, 0.3) is 0 Å². The average Bonchev–Trinajstić information content (AvgIpc) is 2.45. The van der Waals surface area contributed by atoms with Gasteiger partial charge in [-0.1, -0.05) is 6.92 Å². The lowest BCUT2D eigenvalue weighted by Gasteiger charge is -2.32. The predicted octanol–water partition coefficient (Wildman–Crippen LogP) is 0.847. The van der Waals surface area contributed by atoms with E-state index >= 15 is 0 Å². The van der Waals surface area contributed by atoms with Crippen LogP contribution in [-0.4, -0.2) is 48.4 Å². The minimum Gasteiger partial charge on any atom is -0.466 e. The zero-order chi connectivity index (χ0) is 15.0.